The van der Waals surface area contributed by atoms with E-state index in [1.165, 1.54) is 14.2 Å². The third-order valence-corrected chi connectivity index (χ3v) is 6.98. The van der Waals surface area contributed by atoms with Gasteiger partial charge in [0.05, 0.1) is 0 Å². The van der Waals surface area contributed by atoms with Crippen molar-refractivity contribution in [1.29, 1.82) is 0 Å². The number of esters is 2. The van der Waals surface area contributed by atoms with Crippen LogP contribution in [0, 0.1) is 0 Å². The van der Waals surface area contributed by atoms with E-state index in [1.807, 2.05) is 3.81 Å². The molecule has 0 fully saturated rings. The number of carbonyl (C=O) groups excluding carboxylic acids is 2. The van der Waals surface area contributed by atoms with E-state index in [-0.39, 0.29) is 29.0 Å². The van der Waals surface area contributed by atoms with Crippen LogP contribution >= 0.6 is 0 Å². The van der Waals surface area contributed by atoms with Crippen LogP contribution in [0.3, 0.4) is 0 Å². The van der Waals surface area contributed by atoms with E-state index in [1.54, 1.807) is 0 Å². The first-order valence-electron chi connectivity index (χ1n) is 3.26. The van der Waals surface area contributed by atoms with E-state index in [2.05, 4.69) is 9.47 Å². The Kier molecular flexibility index (Phi) is 3.87. The Hall–Kier alpha value is -0.411. The molecule has 0 spiro atoms. The van der Waals surface area contributed by atoms with Crippen molar-refractivity contribution >= 4 is 40.9 Å². The Morgan fingerprint density at radius 2 is 1.92 bits per heavy atom. The van der Waals surface area contributed by atoms with E-state index in [9.17, 15) is 9.59 Å². The van der Waals surface area contributed by atoms with Crippen LogP contribution in [0.5, 0.6) is 0 Å². The zero-order valence-corrected chi connectivity index (χ0v) is 10.5. The van der Waals surface area contributed by atoms with Crippen LogP contribution in [0.1, 0.15) is 18.5 Å². The van der Waals surface area contributed by atoms with Gasteiger partial charge >= 0.3 is 86.9 Å². The normalized spacial score (nSPS) is 9.38. The molecule has 1 aromatic heterocycles. The fourth-order valence-electron chi connectivity index (χ4n) is 0.694. The molecule has 0 aromatic carbocycles. The van der Waals surface area contributed by atoms with Gasteiger partial charge < -0.3 is 0 Å². The van der Waals surface area contributed by atoms with Crippen LogP contribution in [0.2, 0.25) is 0 Å². The Morgan fingerprint density at radius 1 is 1.31 bits per heavy atom. The average Bonchev–Trinajstić information content (AvgIpc) is 2.63. The molecular weight excluding hydrogens is 306 g/mol. The first-order chi connectivity index (χ1) is 6.20. The molecule has 0 amide bonds. The molecule has 0 radical (unpaired) electrons. The molecule has 0 aliphatic rings. The molecule has 13 heavy (non-hydrogen) atoms. The molecule has 70 valence electrons. The van der Waals surface area contributed by atoms with Crippen molar-refractivity contribution in [3.8, 4) is 0 Å². The molecule has 0 saturated heterocycles. The molecule has 1 heterocycles. The van der Waals surface area contributed by atoms with Gasteiger partial charge in [0.2, 0.25) is 0 Å². The van der Waals surface area contributed by atoms with Gasteiger partial charge in [-0.1, -0.05) is 0 Å². The third-order valence-electron chi connectivity index (χ3n) is 1.28. The van der Waals surface area contributed by atoms with Crippen LogP contribution in [0.15, 0.2) is 3.81 Å². The van der Waals surface area contributed by atoms with Crippen molar-refractivity contribution < 1.29 is 19.1 Å². The molecule has 4 nitrogen and oxygen atoms in total. The number of rotatable bonds is 2. The predicted octanol–water partition coefficient (Wildman–Crippen LogP) is -0.345. The first kappa shape index (κ1) is 10.7. The summed E-state index contributed by atoms with van der Waals surface area (Å²) in [5, 5.41) is 0. The van der Waals surface area contributed by atoms with Gasteiger partial charge in [0.15, 0.2) is 0 Å². The number of hydrogen-bond acceptors (Lipinski definition) is 4. The van der Waals surface area contributed by atoms with Gasteiger partial charge in [-0.2, -0.15) is 0 Å². The molecule has 1 aromatic rings. The van der Waals surface area contributed by atoms with Crippen molar-refractivity contribution in [2.75, 3.05) is 14.2 Å². The standard InChI is InChI=1S/C7H7O4Se2/c1-10-6(8)4-5(7(9)11-2)13-3-12-4/h3H,1-2H3/q+1. The average molecular weight is 313 g/mol. The molecule has 0 saturated carbocycles. The summed E-state index contributed by atoms with van der Waals surface area (Å²) in [6.45, 7) is 0. The van der Waals surface area contributed by atoms with Crippen LogP contribution in [0.4, 0.5) is 0 Å². The van der Waals surface area contributed by atoms with Crippen molar-refractivity contribution in [3.05, 3.63) is 12.7 Å². The zero-order valence-electron chi connectivity index (χ0n) is 7.03. The van der Waals surface area contributed by atoms with Crippen molar-refractivity contribution in [1.82, 2.24) is 0 Å². The van der Waals surface area contributed by atoms with Gasteiger partial charge in [0.25, 0.3) is 0 Å². The number of hydrogen-bond donors (Lipinski definition) is 0. The monoisotopic (exact) mass is 315 g/mol. The van der Waals surface area contributed by atoms with Crippen LogP contribution in [0.25, 0.3) is 0 Å². The number of methoxy groups -OCH3 is 2. The van der Waals surface area contributed by atoms with E-state index in [0.717, 1.165) is 0 Å². The Balaban J connectivity index is 3.02. The Labute approximate surface area is 87.0 Å². The molecule has 0 N–H and O–H groups in total. The fourth-order valence-corrected chi connectivity index (χ4v) is 6.42. The van der Waals surface area contributed by atoms with Gasteiger partial charge in [0, 0.05) is 0 Å². The second-order valence-electron chi connectivity index (χ2n) is 1.97. The summed E-state index contributed by atoms with van der Waals surface area (Å²) < 4.78 is 12.1. The molecule has 0 atom stereocenters. The second kappa shape index (κ2) is 4.72. The number of ether oxygens (including phenoxy) is 2. The van der Waals surface area contributed by atoms with Gasteiger partial charge in [-0.15, -0.1) is 0 Å². The summed E-state index contributed by atoms with van der Waals surface area (Å²) in [7, 11) is 2.62. The SMILES string of the molecule is COC(=O)c1[se]c[se+]c1C(=O)OC. The van der Waals surface area contributed by atoms with Crippen LogP contribution < -0.4 is 0 Å². The van der Waals surface area contributed by atoms with E-state index >= 15 is 0 Å². The third kappa shape index (κ3) is 2.29. The first-order valence-corrected chi connectivity index (χ1v) is 6.95. The maximum atomic E-state index is 11.2. The molecule has 0 aliphatic carbocycles. The maximum absolute atomic E-state index is 11.2. The Morgan fingerprint density at radius 3 is 2.46 bits per heavy atom. The van der Waals surface area contributed by atoms with Crippen molar-refractivity contribution in [2.24, 2.45) is 0 Å². The second-order valence-corrected chi connectivity index (χ2v) is 7.18. The van der Waals surface area contributed by atoms with Gasteiger partial charge in [-0.25, -0.2) is 0 Å². The van der Waals surface area contributed by atoms with Crippen LogP contribution in [-0.4, -0.2) is 55.2 Å². The topological polar surface area (TPSA) is 52.6 Å². The summed E-state index contributed by atoms with van der Waals surface area (Å²) in [6, 6.07) is 0. The van der Waals surface area contributed by atoms with Crippen molar-refractivity contribution in [3.63, 3.8) is 0 Å². The molecular formula is C7H7O4Se2+. The molecule has 0 aliphatic heterocycles. The summed E-state index contributed by atoms with van der Waals surface area (Å²) in [4.78, 5) is 22.3. The van der Waals surface area contributed by atoms with Gasteiger partial charge in [-0.05, 0) is 0 Å². The minimum atomic E-state index is -0.406. The quantitative estimate of drug-likeness (QED) is 0.553. The number of carbonyl (C=O) groups is 2. The molecule has 0 unspecified atom stereocenters. The summed E-state index contributed by atoms with van der Waals surface area (Å²) in [5.41, 5.74) is 0. The van der Waals surface area contributed by atoms with Gasteiger partial charge in [-0.3, -0.25) is 0 Å². The van der Waals surface area contributed by atoms with Crippen molar-refractivity contribution in [2.45, 2.75) is 0 Å². The Bertz CT molecular complexity index is 300. The van der Waals surface area contributed by atoms with E-state index in [4.69, 9.17) is 0 Å². The zero-order chi connectivity index (χ0) is 9.84. The minimum absolute atomic E-state index is 0.0311. The summed E-state index contributed by atoms with van der Waals surface area (Å²) >= 11 is -0.0623. The van der Waals surface area contributed by atoms with Gasteiger partial charge in [0.1, 0.15) is 0 Å². The van der Waals surface area contributed by atoms with E-state index in [0.29, 0.717) is 8.87 Å². The fraction of sp³-hybridized carbons (Fsp3) is 0.286. The van der Waals surface area contributed by atoms with Crippen LogP contribution in [-0.2, 0) is 9.47 Å². The molecule has 1 rings (SSSR count). The molecule has 6 heteroatoms. The molecule has 0 bridgehead atoms. The predicted molar refractivity (Wildman–Crippen MR) is 47.4 cm³/mol. The van der Waals surface area contributed by atoms with E-state index < -0.39 is 11.9 Å². The summed E-state index contributed by atoms with van der Waals surface area (Å²) in [6.07, 6.45) is 0. The summed E-state index contributed by atoms with van der Waals surface area (Å²) in [5.74, 6) is -0.813.